The van der Waals surface area contributed by atoms with E-state index in [9.17, 15) is 5.11 Å². The van der Waals surface area contributed by atoms with Crippen molar-refractivity contribution in [2.24, 2.45) is 0 Å². The molecule has 0 bridgehead atoms. The number of hydrogen-bond donors (Lipinski definition) is 2. The molecule has 0 aliphatic heterocycles. The van der Waals surface area contributed by atoms with Crippen LogP contribution in [0, 0.1) is 0 Å². The lowest BCUT2D eigenvalue weighted by atomic mass is 10.2. The van der Waals surface area contributed by atoms with E-state index in [-0.39, 0.29) is 10.8 Å². The zero-order valence-electron chi connectivity index (χ0n) is 6.64. The Morgan fingerprint density at radius 2 is 1.77 bits per heavy atom. The van der Waals surface area contributed by atoms with Crippen LogP contribution in [0.2, 0.25) is 0 Å². The summed E-state index contributed by atoms with van der Waals surface area (Å²) in [7, 11) is 0. The lowest BCUT2D eigenvalue weighted by Crippen LogP contribution is -1.76. The summed E-state index contributed by atoms with van der Waals surface area (Å²) >= 11 is 1.19. The molecule has 2 N–H and O–H groups in total. The summed E-state index contributed by atoms with van der Waals surface area (Å²) in [4.78, 5) is 4.00. The van der Waals surface area contributed by atoms with Gasteiger partial charge in [0, 0.05) is 5.56 Å². The number of nitrogens with zero attached hydrogens (tertiary/aromatic N) is 1. The van der Waals surface area contributed by atoms with Gasteiger partial charge in [0.1, 0.15) is 11.4 Å². The number of thiazole rings is 1. The van der Waals surface area contributed by atoms with Crippen LogP contribution >= 0.6 is 11.3 Å². The average molecular weight is 193 g/mol. The van der Waals surface area contributed by atoms with Crippen LogP contribution < -0.4 is 0 Å². The first kappa shape index (κ1) is 8.07. The fourth-order valence-electron chi connectivity index (χ4n) is 1.06. The van der Waals surface area contributed by atoms with E-state index in [2.05, 4.69) is 4.98 Å². The Morgan fingerprint density at radius 3 is 2.31 bits per heavy atom. The molecule has 2 rings (SSSR count). The van der Waals surface area contributed by atoms with Crippen molar-refractivity contribution in [1.29, 1.82) is 0 Å². The molecular formula is C9H7NO2S. The van der Waals surface area contributed by atoms with Crippen LogP contribution in [0.25, 0.3) is 11.3 Å². The van der Waals surface area contributed by atoms with Crippen LogP contribution in [0.5, 0.6) is 10.8 Å². The first-order chi connectivity index (χ1) is 6.27. The van der Waals surface area contributed by atoms with Gasteiger partial charge in [0.2, 0.25) is 0 Å². The summed E-state index contributed by atoms with van der Waals surface area (Å²) in [6.45, 7) is 0. The number of phenols is 1. The van der Waals surface area contributed by atoms with Crippen LogP contribution in [-0.2, 0) is 0 Å². The standard InChI is InChI=1S/C9H7NO2S/c11-7-3-1-6(2-4-7)8-9(12)13-5-10-8/h1-5,11-12H. The van der Waals surface area contributed by atoms with Crippen molar-refractivity contribution in [3.8, 4) is 22.1 Å². The molecule has 0 amide bonds. The summed E-state index contributed by atoms with van der Waals surface area (Å²) in [6, 6.07) is 6.55. The van der Waals surface area contributed by atoms with Crippen molar-refractivity contribution in [1.82, 2.24) is 4.98 Å². The van der Waals surface area contributed by atoms with Crippen LogP contribution in [0.15, 0.2) is 29.8 Å². The highest BCUT2D eigenvalue weighted by Gasteiger charge is 2.06. The molecule has 0 saturated heterocycles. The van der Waals surface area contributed by atoms with E-state index in [1.165, 1.54) is 11.3 Å². The number of benzene rings is 1. The largest absolute Gasteiger partial charge is 0.508 e. The van der Waals surface area contributed by atoms with Gasteiger partial charge in [-0.25, -0.2) is 4.98 Å². The van der Waals surface area contributed by atoms with Gasteiger partial charge in [-0.1, -0.05) is 11.3 Å². The van der Waals surface area contributed by atoms with Crippen molar-refractivity contribution in [2.75, 3.05) is 0 Å². The van der Waals surface area contributed by atoms with Crippen LogP contribution in [0.1, 0.15) is 0 Å². The van der Waals surface area contributed by atoms with E-state index < -0.39 is 0 Å². The summed E-state index contributed by atoms with van der Waals surface area (Å²) in [5, 5.41) is 18.6. The molecule has 1 aromatic carbocycles. The smallest absolute Gasteiger partial charge is 0.199 e. The van der Waals surface area contributed by atoms with Crippen LogP contribution in [0.3, 0.4) is 0 Å². The normalized spacial score (nSPS) is 10.2. The highest BCUT2D eigenvalue weighted by Crippen LogP contribution is 2.31. The molecule has 2 aromatic rings. The Kier molecular flexibility index (Phi) is 1.90. The molecule has 0 radical (unpaired) electrons. The van der Waals surface area contributed by atoms with E-state index in [0.29, 0.717) is 5.69 Å². The first-order valence-corrected chi connectivity index (χ1v) is 4.57. The third-order valence-corrected chi connectivity index (χ3v) is 2.32. The molecule has 0 saturated carbocycles. The Labute approximate surface area is 78.9 Å². The minimum atomic E-state index is 0.200. The zero-order valence-corrected chi connectivity index (χ0v) is 7.45. The Hall–Kier alpha value is -1.55. The third-order valence-electron chi connectivity index (χ3n) is 1.69. The fourth-order valence-corrected chi connectivity index (χ4v) is 1.60. The van der Waals surface area contributed by atoms with Gasteiger partial charge < -0.3 is 10.2 Å². The molecule has 0 aliphatic carbocycles. The van der Waals surface area contributed by atoms with E-state index in [1.807, 2.05) is 0 Å². The topological polar surface area (TPSA) is 53.4 Å². The van der Waals surface area contributed by atoms with Gasteiger partial charge in [-0.15, -0.1) is 0 Å². The van der Waals surface area contributed by atoms with E-state index in [4.69, 9.17) is 5.11 Å². The highest BCUT2D eigenvalue weighted by molar-refractivity contribution is 7.11. The van der Waals surface area contributed by atoms with Gasteiger partial charge in [-0.2, -0.15) is 0 Å². The monoisotopic (exact) mass is 193 g/mol. The number of hydrogen-bond acceptors (Lipinski definition) is 4. The molecule has 1 aromatic heterocycles. The maximum Gasteiger partial charge on any atom is 0.199 e. The molecule has 13 heavy (non-hydrogen) atoms. The summed E-state index contributed by atoms with van der Waals surface area (Å²) in [5.74, 6) is 0.207. The van der Waals surface area contributed by atoms with E-state index in [0.717, 1.165) is 5.56 Å². The summed E-state index contributed by atoms with van der Waals surface area (Å²) in [5.41, 5.74) is 2.94. The number of aromatic hydroxyl groups is 2. The van der Waals surface area contributed by atoms with Gasteiger partial charge in [-0.05, 0) is 24.3 Å². The molecule has 1 heterocycles. The Bertz CT molecular complexity index is 408. The van der Waals surface area contributed by atoms with Crippen molar-refractivity contribution < 1.29 is 10.2 Å². The molecule has 0 aliphatic rings. The maximum absolute atomic E-state index is 9.37. The van der Waals surface area contributed by atoms with Gasteiger partial charge in [0.15, 0.2) is 5.06 Å². The quantitative estimate of drug-likeness (QED) is 0.730. The molecule has 0 spiro atoms. The fraction of sp³-hybridized carbons (Fsp3) is 0. The molecule has 4 heteroatoms. The highest BCUT2D eigenvalue weighted by atomic mass is 32.1. The van der Waals surface area contributed by atoms with Crippen molar-refractivity contribution in [2.45, 2.75) is 0 Å². The molecular weight excluding hydrogens is 186 g/mol. The third kappa shape index (κ3) is 1.48. The van der Waals surface area contributed by atoms with Crippen molar-refractivity contribution in [3.05, 3.63) is 29.8 Å². The maximum atomic E-state index is 9.37. The SMILES string of the molecule is Oc1ccc(-c2ncsc2O)cc1. The molecule has 0 fully saturated rings. The van der Waals surface area contributed by atoms with Gasteiger partial charge in [-0.3, -0.25) is 0 Å². The minimum Gasteiger partial charge on any atom is -0.508 e. The number of rotatable bonds is 1. The molecule has 0 atom stereocenters. The van der Waals surface area contributed by atoms with Crippen LogP contribution in [-0.4, -0.2) is 15.2 Å². The second kappa shape index (κ2) is 3.06. The molecule has 66 valence electrons. The van der Waals surface area contributed by atoms with E-state index in [1.54, 1.807) is 29.8 Å². The Balaban J connectivity index is 2.47. The van der Waals surface area contributed by atoms with Crippen LogP contribution in [0.4, 0.5) is 0 Å². The molecule has 3 nitrogen and oxygen atoms in total. The van der Waals surface area contributed by atoms with Gasteiger partial charge >= 0.3 is 0 Å². The predicted octanol–water partition coefficient (Wildman–Crippen LogP) is 2.22. The van der Waals surface area contributed by atoms with Gasteiger partial charge in [0.25, 0.3) is 0 Å². The molecule has 0 unspecified atom stereocenters. The lowest BCUT2D eigenvalue weighted by Gasteiger charge is -1.97. The zero-order chi connectivity index (χ0) is 9.26. The first-order valence-electron chi connectivity index (χ1n) is 3.69. The minimum absolute atomic E-state index is 0.200. The second-order valence-electron chi connectivity index (χ2n) is 2.55. The van der Waals surface area contributed by atoms with Crippen molar-refractivity contribution in [3.63, 3.8) is 0 Å². The lowest BCUT2D eigenvalue weighted by molar-refractivity contribution is 0.475. The van der Waals surface area contributed by atoms with E-state index >= 15 is 0 Å². The predicted molar refractivity (Wildman–Crippen MR) is 50.9 cm³/mol. The Morgan fingerprint density at radius 1 is 1.08 bits per heavy atom. The van der Waals surface area contributed by atoms with Gasteiger partial charge in [0.05, 0.1) is 5.51 Å². The van der Waals surface area contributed by atoms with Crippen molar-refractivity contribution >= 4 is 11.3 Å². The average Bonchev–Trinajstić information content (AvgIpc) is 2.53. The summed E-state index contributed by atoms with van der Waals surface area (Å²) in [6.07, 6.45) is 0. The summed E-state index contributed by atoms with van der Waals surface area (Å²) < 4.78 is 0. The second-order valence-corrected chi connectivity index (χ2v) is 3.39. The number of aromatic nitrogens is 1. The number of phenolic OH excluding ortho intramolecular Hbond substituents is 1.